The maximum absolute atomic E-state index is 14.0. The Labute approximate surface area is 144 Å². The van der Waals surface area contributed by atoms with Crippen LogP contribution >= 0.6 is 0 Å². The Balaban J connectivity index is 1.58. The van der Waals surface area contributed by atoms with Gasteiger partial charge in [0, 0.05) is 12.1 Å². The minimum atomic E-state index is -3.11. The SMILES string of the molecule is O=C(NCc1cccc2ccccc12)NCC(F)(F)c1ccccc1. The molecule has 0 saturated heterocycles. The number of alkyl halides is 2. The van der Waals surface area contributed by atoms with Crippen LogP contribution in [0.15, 0.2) is 72.8 Å². The fourth-order valence-electron chi connectivity index (χ4n) is 2.66. The lowest BCUT2D eigenvalue weighted by molar-refractivity contribution is -0.000486. The molecular formula is C20H18F2N2O. The zero-order chi connectivity index (χ0) is 17.7. The van der Waals surface area contributed by atoms with E-state index in [9.17, 15) is 13.6 Å². The number of benzene rings is 3. The van der Waals surface area contributed by atoms with E-state index in [1.54, 1.807) is 18.2 Å². The fraction of sp³-hybridized carbons (Fsp3) is 0.150. The minimum Gasteiger partial charge on any atom is -0.334 e. The Hall–Kier alpha value is -2.95. The topological polar surface area (TPSA) is 41.1 Å². The Morgan fingerprint density at radius 1 is 0.840 bits per heavy atom. The molecule has 3 nitrogen and oxygen atoms in total. The molecule has 0 radical (unpaired) electrons. The monoisotopic (exact) mass is 340 g/mol. The molecule has 0 saturated carbocycles. The molecule has 0 heterocycles. The van der Waals surface area contributed by atoms with Gasteiger partial charge in [0.25, 0.3) is 5.92 Å². The lowest BCUT2D eigenvalue weighted by atomic mass is 10.0. The van der Waals surface area contributed by atoms with Crippen molar-refractivity contribution in [2.75, 3.05) is 6.54 Å². The number of rotatable bonds is 5. The molecule has 0 unspecified atom stereocenters. The molecule has 3 rings (SSSR count). The fourth-order valence-corrected chi connectivity index (χ4v) is 2.66. The first-order chi connectivity index (χ1) is 12.1. The molecule has 3 aromatic carbocycles. The largest absolute Gasteiger partial charge is 0.334 e. The molecule has 2 N–H and O–H groups in total. The van der Waals surface area contributed by atoms with Crippen molar-refractivity contribution in [3.63, 3.8) is 0 Å². The van der Waals surface area contributed by atoms with Gasteiger partial charge in [-0.05, 0) is 16.3 Å². The molecule has 2 amide bonds. The van der Waals surface area contributed by atoms with Crippen LogP contribution in [0.3, 0.4) is 0 Å². The number of nitrogens with one attached hydrogen (secondary N) is 2. The number of hydrogen-bond donors (Lipinski definition) is 2. The van der Waals surface area contributed by atoms with Crippen LogP contribution in [0, 0.1) is 0 Å². The molecule has 0 fully saturated rings. The first-order valence-corrected chi connectivity index (χ1v) is 7.98. The van der Waals surface area contributed by atoms with Crippen molar-refractivity contribution in [1.82, 2.24) is 10.6 Å². The van der Waals surface area contributed by atoms with Crippen molar-refractivity contribution < 1.29 is 13.6 Å². The highest BCUT2D eigenvalue weighted by Gasteiger charge is 2.31. The number of urea groups is 1. The first kappa shape index (κ1) is 16.9. The van der Waals surface area contributed by atoms with E-state index in [0.29, 0.717) is 0 Å². The summed E-state index contributed by atoms with van der Waals surface area (Å²) in [4.78, 5) is 11.9. The summed E-state index contributed by atoms with van der Waals surface area (Å²) >= 11 is 0. The van der Waals surface area contributed by atoms with Gasteiger partial charge in [0.2, 0.25) is 0 Å². The summed E-state index contributed by atoms with van der Waals surface area (Å²) in [6, 6.07) is 20.4. The van der Waals surface area contributed by atoms with Crippen molar-refractivity contribution in [2.45, 2.75) is 12.5 Å². The molecular weight excluding hydrogens is 322 g/mol. The highest BCUT2D eigenvalue weighted by Crippen LogP contribution is 2.26. The van der Waals surface area contributed by atoms with Crippen molar-refractivity contribution in [3.8, 4) is 0 Å². The zero-order valence-electron chi connectivity index (χ0n) is 13.5. The standard InChI is InChI=1S/C20H18F2N2O/c21-20(22,17-10-2-1-3-11-17)14-24-19(25)23-13-16-9-6-8-15-7-4-5-12-18(15)16/h1-12H,13-14H2,(H2,23,24,25). The second kappa shape index (κ2) is 7.30. The van der Waals surface area contributed by atoms with Gasteiger partial charge in [-0.3, -0.25) is 0 Å². The van der Waals surface area contributed by atoms with Gasteiger partial charge < -0.3 is 10.6 Å². The van der Waals surface area contributed by atoms with Crippen LogP contribution < -0.4 is 10.6 Å². The second-order valence-corrected chi connectivity index (χ2v) is 5.74. The molecule has 0 aliphatic rings. The Morgan fingerprint density at radius 3 is 2.32 bits per heavy atom. The van der Waals surface area contributed by atoms with Crippen LogP contribution in [-0.4, -0.2) is 12.6 Å². The van der Waals surface area contributed by atoms with Gasteiger partial charge in [0.1, 0.15) is 0 Å². The summed E-state index contributed by atoms with van der Waals surface area (Å²) in [6.45, 7) is -0.484. The number of fused-ring (bicyclic) bond motifs is 1. The van der Waals surface area contributed by atoms with Gasteiger partial charge in [-0.15, -0.1) is 0 Å². The third kappa shape index (κ3) is 4.12. The van der Waals surface area contributed by atoms with Crippen LogP contribution in [0.4, 0.5) is 13.6 Å². The van der Waals surface area contributed by atoms with E-state index in [2.05, 4.69) is 10.6 Å². The van der Waals surface area contributed by atoms with Crippen molar-refractivity contribution in [1.29, 1.82) is 0 Å². The van der Waals surface area contributed by atoms with E-state index < -0.39 is 18.5 Å². The van der Waals surface area contributed by atoms with E-state index in [0.717, 1.165) is 16.3 Å². The molecule has 25 heavy (non-hydrogen) atoms. The average Bonchev–Trinajstić information content (AvgIpc) is 2.65. The molecule has 128 valence electrons. The maximum Gasteiger partial charge on any atom is 0.315 e. The number of carbonyl (C=O) groups excluding carboxylic acids is 1. The average molecular weight is 340 g/mol. The Morgan fingerprint density at radius 2 is 1.52 bits per heavy atom. The van der Waals surface area contributed by atoms with E-state index in [-0.39, 0.29) is 12.1 Å². The van der Waals surface area contributed by atoms with Crippen molar-refractivity contribution >= 4 is 16.8 Å². The zero-order valence-corrected chi connectivity index (χ0v) is 13.5. The minimum absolute atomic E-state index is 0.121. The summed E-state index contributed by atoms with van der Waals surface area (Å²) in [5.74, 6) is -3.11. The van der Waals surface area contributed by atoms with Crippen LogP contribution in [0.1, 0.15) is 11.1 Å². The predicted molar refractivity (Wildman–Crippen MR) is 94.5 cm³/mol. The third-order valence-corrected chi connectivity index (χ3v) is 3.99. The predicted octanol–water partition coefficient (Wildman–Crippen LogP) is 4.43. The van der Waals surface area contributed by atoms with Gasteiger partial charge in [0.15, 0.2) is 0 Å². The number of carbonyl (C=O) groups is 1. The van der Waals surface area contributed by atoms with Gasteiger partial charge in [0.05, 0.1) is 6.54 Å². The Bertz CT molecular complexity index is 860. The summed E-state index contributed by atoms with van der Waals surface area (Å²) in [5, 5.41) is 6.97. The number of amides is 2. The summed E-state index contributed by atoms with van der Waals surface area (Å²) in [6.07, 6.45) is 0. The molecule has 0 aliphatic carbocycles. The van der Waals surface area contributed by atoms with Crippen LogP contribution in [0.2, 0.25) is 0 Å². The summed E-state index contributed by atoms with van der Waals surface area (Å²) < 4.78 is 28.1. The summed E-state index contributed by atoms with van der Waals surface area (Å²) in [7, 11) is 0. The van der Waals surface area contributed by atoms with E-state index in [4.69, 9.17) is 0 Å². The highest BCUT2D eigenvalue weighted by atomic mass is 19.3. The quantitative estimate of drug-likeness (QED) is 0.709. The lowest BCUT2D eigenvalue weighted by Crippen LogP contribution is -2.41. The maximum atomic E-state index is 14.0. The number of halogens is 2. The van der Waals surface area contributed by atoms with Gasteiger partial charge in [-0.1, -0.05) is 72.8 Å². The van der Waals surface area contributed by atoms with E-state index in [1.807, 2.05) is 42.5 Å². The lowest BCUT2D eigenvalue weighted by Gasteiger charge is -2.17. The van der Waals surface area contributed by atoms with Crippen LogP contribution in [0.25, 0.3) is 10.8 Å². The smallest absolute Gasteiger partial charge is 0.315 e. The van der Waals surface area contributed by atoms with Gasteiger partial charge in [-0.25, -0.2) is 4.79 Å². The molecule has 5 heteroatoms. The van der Waals surface area contributed by atoms with E-state index in [1.165, 1.54) is 12.1 Å². The molecule has 3 aromatic rings. The Kier molecular flexibility index (Phi) is 4.93. The van der Waals surface area contributed by atoms with Gasteiger partial charge in [-0.2, -0.15) is 8.78 Å². The van der Waals surface area contributed by atoms with Crippen LogP contribution in [-0.2, 0) is 12.5 Å². The van der Waals surface area contributed by atoms with E-state index >= 15 is 0 Å². The number of hydrogen-bond acceptors (Lipinski definition) is 1. The molecule has 0 bridgehead atoms. The normalized spacial score (nSPS) is 11.3. The molecule has 0 aliphatic heterocycles. The third-order valence-electron chi connectivity index (χ3n) is 3.99. The van der Waals surface area contributed by atoms with Crippen molar-refractivity contribution in [3.05, 3.63) is 83.9 Å². The molecule has 0 spiro atoms. The van der Waals surface area contributed by atoms with Crippen molar-refractivity contribution in [2.24, 2.45) is 0 Å². The first-order valence-electron chi connectivity index (χ1n) is 7.98. The summed E-state index contributed by atoms with van der Waals surface area (Å²) in [5.41, 5.74) is 0.812. The van der Waals surface area contributed by atoms with Gasteiger partial charge >= 0.3 is 6.03 Å². The molecule has 0 atom stereocenters. The second-order valence-electron chi connectivity index (χ2n) is 5.74. The molecule has 0 aromatic heterocycles. The highest BCUT2D eigenvalue weighted by molar-refractivity contribution is 5.86. The van der Waals surface area contributed by atoms with Crippen LogP contribution in [0.5, 0.6) is 0 Å².